The number of carbonyl (C=O) groups is 3. The zero-order valence-corrected chi connectivity index (χ0v) is 31.9. The molecule has 0 fully saturated rings. The van der Waals surface area contributed by atoms with Crippen LogP contribution in [0.4, 0.5) is 0 Å². The Morgan fingerprint density at radius 3 is 1.33 bits per heavy atom. The van der Waals surface area contributed by atoms with Crippen molar-refractivity contribution >= 4 is 17.9 Å². The van der Waals surface area contributed by atoms with Gasteiger partial charge in [-0.15, -0.1) is 0 Å². The Bertz CT molecular complexity index is 770. The summed E-state index contributed by atoms with van der Waals surface area (Å²) >= 11 is 0. The van der Waals surface area contributed by atoms with Crippen LogP contribution in [0.15, 0.2) is 0 Å². The fraction of sp³-hybridized carbons (Fsp3) is 0.923. The summed E-state index contributed by atoms with van der Waals surface area (Å²) in [5.74, 6) is -2.29. The molecule has 0 aliphatic carbocycles. The quantitative estimate of drug-likeness (QED) is 0.0282. The third kappa shape index (κ3) is 32.8. The minimum Gasteiger partial charge on any atom is -0.545 e. The molecule has 2 atom stereocenters. The van der Waals surface area contributed by atoms with Crippen LogP contribution in [0.1, 0.15) is 174 Å². The zero-order valence-electron chi connectivity index (χ0n) is 31.9. The van der Waals surface area contributed by atoms with E-state index in [1.807, 2.05) is 21.1 Å². The highest BCUT2D eigenvalue weighted by Crippen LogP contribution is 2.15. The normalized spacial score (nSPS) is 12.9. The van der Waals surface area contributed by atoms with E-state index in [0.717, 1.165) is 51.4 Å². The highest BCUT2D eigenvalue weighted by Gasteiger charge is 2.21. The lowest BCUT2D eigenvalue weighted by molar-refractivity contribution is -0.870. The SMILES string of the molecule is CCCCCCCCCCCCCCCCCCCCC(=O)OC(COC(=O)CCCCCCC)COC(OCC[N+](C)(C)C)C(=O)[O-]. The molecular formula is C39H75NO8. The van der Waals surface area contributed by atoms with Crippen LogP contribution in [-0.2, 0) is 33.3 Å². The standard InChI is InChI=1S/C39H75NO8/c1-6-8-10-12-13-14-15-16-17-18-19-20-21-22-23-24-26-28-30-37(42)48-35(33-46-36(41)29-27-25-11-9-7-2)34-47-39(38(43)44)45-32-31-40(3,4)5/h35,39H,6-34H2,1-5H3. The van der Waals surface area contributed by atoms with Gasteiger partial charge in [0.25, 0.3) is 0 Å². The van der Waals surface area contributed by atoms with Crippen LogP contribution in [0.5, 0.6) is 0 Å². The molecule has 0 aliphatic rings. The maximum atomic E-state index is 12.6. The molecule has 0 aromatic rings. The molecule has 0 heterocycles. The molecule has 0 rings (SSSR count). The number of carboxylic acid groups (broad SMARTS) is 1. The maximum absolute atomic E-state index is 12.6. The van der Waals surface area contributed by atoms with Gasteiger partial charge in [-0.05, 0) is 12.8 Å². The second kappa shape index (κ2) is 32.5. The lowest BCUT2D eigenvalue weighted by Crippen LogP contribution is -2.44. The molecule has 0 aromatic heterocycles. The Balaban J connectivity index is 4.29. The van der Waals surface area contributed by atoms with E-state index in [9.17, 15) is 19.5 Å². The van der Waals surface area contributed by atoms with Crippen molar-refractivity contribution in [3.05, 3.63) is 0 Å². The van der Waals surface area contributed by atoms with Gasteiger partial charge in [-0.25, -0.2) is 0 Å². The van der Waals surface area contributed by atoms with Crippen molar-refractivity contribution in [3.63, 3.8) is 0 Å². The first-order valence-corrected chi connectivity index (χ1v) is 19.7. The van der Waals surface area contributed by atoms with Crippen LogP contribution >= 0.6 is 0 Å². The van der Waals surface area contributed by atoms with Gasteiger partial charge in [0.1, 0.15) is 13.2 Å². The molecule has 2 unspecified atom stereocenters. The number of hydrogen-bond donors (Lipinski definition) is 0. The van der Waals surface area contributed by atoms with E-state index in [1.165, 1.54) is 96.3 Å². The average molecular weight is 686 g/mol. The number of carboxylic acids is 1. The molecule has 0 N–H and O–H groups in total. The Morgan fingerprint density at radius 2 is 0.938 bits per heavy atom. The van der Waals surface area contributed by atoms with Crippen molar-refractivity contribution in [3.8, 4) is 0 Å². The van der Waals surface area contributed by atoms with Gasteiger partial charge in [0, 0.05) is 12.8 Å². The number of carbonyl (C=O) groups excluding carboxylic acids is 3. The van der Waals surface area contributed by atoms with Crippen molar-refractivity contribution in [1.29, 1.82) is 0 Å². The second-order valence-corrected chi connectivity index (χ2v) is 14.6. The van der Waals surface area contributed by atoms with Crippen molar-refractivity contribution in [2.45, 2.75) is 187 Å². The highest BCUT2D eigenvalue weighted by atomic mass is 16.7. The van der Waals surface area contributed by atoms with Crippen LogP contribution in [-0.4, -0.2) is 82.3 Å². The first-order chi connectivity index (χ1) is 23.1. The molecule has 9 heteroatoms. The second-order valence-electron chi connectivity index (χ2n) is 14.6. The third-order valence-corrected chi connectivity index (χ3v) is 8.60. The van der Waals surface area contributed by atoms with Crippen LogP contribution in [0.25, 0.3) is 0 Å². The predicted octanol–water partition coefficient (Wildman–Crippen LogP) is 8.05. The first kappa shape index (κ1) is 46.3. The summed E-state index contributed by atoms with van der Waals surface area (Å²) in [6, 6.07) is 0. The van der Waals surface area contributed by atoms with Gasteiger partial charge < -0.3 is 33.3 Å². The van der Waals surface area contributed by atoms with Crippen molar-refractivity contribution in [2.75, 3.05) is 47.5 Å². The molecule has 9 nitrogen and oxygen atoms in total. The largest absolute Gasteiger partial charge is 0.545 e. The van der Waals surface area contributed by atoms with Crippen LogP contribution in [0.2, 0.25) is 0 Å². The average Bonchev–Trinajstić information content (AvgIpc) is 3.03. The third-order valence-electron chi connectivity index (χ3n) is 8.60. The van der Waals surface area contributed by atoms with Gasteiger partial charge >= 0.3 is 11.9 Å². The van der Waals surface area contributed by atoms with E-state index in [-0.39, 0.29) is 32.2 Å². The lowest BCUT2D eigenvalue weighted by Gasteiger charge is -2.26. The number of likely N-dealkylation sites (N-methyl/N-ethyl adjacent to an activating group) is 1. The van der Waals surface area contributed by atoms with E-state index in [2.05, 4.69) is 13.8 Å². The summed E-state index contributed by atoms with van der Waals surface area (Å²) in [6.45, 7) is 4.65. The number of hydrogen-bond acceptors (Lipinski definition) is 8. The zero-order chi connectivity index (χ0) is 35.7. The van der Waals surface area contributed by atoms with Crippen LogP contribution in [0, 0.1) is 0 Å². The van der Waals surface area contributed by atoms with Gasteiger partial charge in [0.15, 0.2) is 12.4 Å². The summed E-state index contributed by atoms with van der Waals surface area (Å²) in [5, 5.41) is 11.6. The van der Waals surface area contributed by atoms with E-state index in [4.69, 9.17) is 18.9 Å². The van der Waals surface area contributed by atoms with Crippen molar-refractivity contribution < 1.29 is 42.9 Å². The fourth-order valence-corrected chi connectivity index (χ4v) is 5.48. The summed E-state index contributed by atoms with van der Waals surface area (Å²) in [6.07, 6.45) is 26.0. The van der Waals surface area contributed by atoms with Gasteiger partial charge in [-0.2, -0.15) is 0 Å². The maximum Gasteiger partial charge on any atom is 0.306 e. The van der Waals surface area contributed by atoms with Crippen molar-refractivity contribution in [1.82, 2.24) is 0 Å². The van der Waals surface area contributed by atoms with Gasteiger partial charge in [0.05, 0.1) is 40.3 Å². The number of rotatable bonds is 36. The molecule has 0 saturated carbocycles. The van der Waals surface area contributed by atoms with Gasteiger partial charge in [-0.3, -0.25) is 9.59 Å². The summed E-state index contributed by atoms with van der Waals surface area (Å²) < 4.78 is 22.3. The minimum atomic E-state index is -1.61. The Hall–Kier alpha value is -1.71. The van der Waals surface area contributed by atoms with E-state index in [0.29, 0.717) is 17.4 Å². The number of ether oxygens (including phenoxy) is 4. The number of esters is 2. The molecule has 0 aliphatic heterocycles. The minimum absolute atomic E-state index is 0.152. The first-order valence-electron chi connectivity index (χ1n) is 19.7. The summed E-state index contributed by atoms with van der Waals surface area (Å²) in [7, 11) is 5.89. The lowest BCUT2D eigenvalue weighted by atomic mass is 10.0. The molecule has 0 radical (unpaired) electrons. The molecule has 0 amide bonds. The van der Waals surface area contributed by atoms with Gasteiger partial charge in [-0.1, -0.05) is 149 Å². The Labute approximate surface area is 294 Å². The van der Waals surface area contributed by atoms with Crippen LogP contribution in [0.3, 0.4) is 0 Å². The van der Waals surface area contributed by atoms with Crippen molar-refractivity contribution in [2.24, 2.45) is 0 Å². The molecule has 0 aromatic carbocycles. The highest BCUT2D eigenvalue weighted by molar-refractivity contribution is 5.70. The number of nitrogens with zero attached hydrogens (tertiary/aromatic N) is 1. The topological polar surface area (TPSA) is 111 Å². The monoisotopic (exact) mass is 686 g/mol. The van der Waals surface area contributed by atoms with E-state index >= 15 is 0 Å². The summed E-state index contributed by atoms with van der Waals surface area (Å²) in [5.41, 5.74) is 0. The summed E-state index contributed by atoms with van der Waals surface area (Å²) in [4.78, 5) is 36.5. The molecular weight excluding hydrogens is 610 g/mol. The van der Waals surface area contributed by atoms with Crippen LogP contribution < -0.4 is 5.11 Å². The fourth-order valence-electron chi connectivity index (χ4n) is 5.48. The molecule has 0 saturated heterocycles. The number of aliphatic carboxylic acids is 1. The Kier molecular flexibility index (Phi) is 31.3. The smallest absolute Gasteiger partial charge is 0.306 e. The van der Waals surface area contributed by atoms with E-state index < -0.39 is 24.3 Å². The molecule has 284 valence electrons. The van der Waals surface area contributed by atoms with E-state index in [1.54, 1.807) is 0 Å². The number of unbranched alkanes of at least 4 members (excludes halogenated alkanes) is 21. The van der Waals surface area contributed by atoms with Gasteiger partial charge in [0.2, 0.25) is 0 Å². The number of quaternary nitrogens is 1. The molecule has 48 heavy (non-hydrogen) atoms. The predicted molar refractivity (Wildman–Crippen MR) is 191 cm³/mol. The molecule has 0 bridgehead atoms. The molecule has 0 spiro atoms. The Morgan fingerprint density at radius 1 is 0.542 bits per heavy atom.